The Kier molecular flexibility index (Phi) is 2.72. The highest BCUT2D eigenvalue weighted by Crippen LogP contribution is 2.25. The van der Waals surface area contributed by atoms with Crippen molar-refractivity contribution in [2.45, 2.75) is 38.7 Å². The van der Waals surface area contributed by atoms with E-state index in [2.05, 4.69) is 11.4 Å². The molecule has 0 saturated carbocycles. The van der Waals surface area contributed by atoms with Crippen LogP contribution in [0.3, 0.4) is 0 Å². The molecule has 0 unspecified atom stereocenters. The van der Waals surface area contributed by atoms with Gasteiger partial charge in [0.1, 0.15) is 0 Å². The summed E-state index contributed by atoms with van der Waals surface area (Å²) in [6.45, 7) is 3.60. The molecule has 0 aliphatic carbocycles. The Balaban J connectivity index is 2.23. The lowest BCUT2D eigenvalue weighted by molar-refractivity contribution is -0.116. The van der Waals surface area contributed by atoms with Gasteiger partial charge in [-0.1, -0.05) is 12.1 Å². The zero-order valence-electron chi connectivity index (χ0n) is 9.71. The maximum atomic E-state index is 11.2. The van der Waals surface area contributed by atoms with Crippen LogP contribution >= 0.6 is 0 Å². The summed E-state index contributed by atoms with van der Waals surface area (Å²) in [7, 11) is 0. The van der Waals surface area contributed by atoms with Crippen LogP contribution in [0.2, 0.25) is 0 Å². The minimum atomic E-state index is -0.688. The van der Waals surface area contributed by atoms with Crippen molar-refractivity contribution in [1.82, 2.24) is 0 Å². The molecular weight excluding hydrogens is 202 g/mol. The highest BCUT2D eigenvalue weighted by molar-refractivity contribution is 5.93. The molecule has 0 bridgehead atoms. The number of carbonyl (C=O) groups excluding carboxylic acids is 1. The van der Waals surface area contributed by atoms with Gasteiger partial charge >= 0.3 is 0 Å². The topological polar surface area (TPSA) is 49.3 Å². The van der Waals surface area contributed by atoms with Crippen LogP contribution in [0.4, 0.5) is 5.69 Å². The number of hydrogen-bond donors (Lipinski definition) is 2. The Hall–Kier alpha value is -1.35. The number of aliphatic hydroxyl groups is 1. The molecule has 16 heavy (non-hydrogen) atoms. The normalized spacial score (nSPS) is 15.6. The molecule has 86 valence electrons. The molecule has 0 radical (unpaired) electrons. The second-order valence-electron chi connectivity index (χ2n) is 5.03. The summed E-state index contributed by atoms with van der Waals surface area (Å²) in [6, 6.07) is 5.96. The lowest BCUT2D eigenvalue weighted by Crippen LogP contribution is -2.23. The van der Waals surface area contributed by atoms with Gasteiger partial charge in [-0.2, -0.15) is 0 Å². The van der Waals surface area contributed by atoms with E-state index in [4.69, 9.17) is 0 Å². The van der Waals surface area contributed by atoms with Crippen LogP contribution < -0.4 is 5.32 Å². The number of benzene rings is 1. The van der Waals surface area contributed by atoms with Crippen molar-refractivity contribution < 1.29 is 9.90 Å². The van der Waals surface area contributed by atoms with Crippen LogP contribution in [-0.2, 0) is 17.6 Å². The number of nitrogens with one attached hydrogen (secondary N) is 1. The number of aryl methyl sites for hydroxylation is 1. The summed E-state index contributed by atoms with van der Waals surface area (Å²) < 4.78 is 0. The number of anilines is 1. The fourth-order valence-electron chi connectivity index (χ4n) is 2.05. The SMILES string of the molecule is CC(C)(O)Cc1ccc2c(c1)CCC(=O)N2. The molecule has 0 aromatic heterocycles. The summed E-state index contributed by atoms with van der Waals surface area (Å²) in [5, 5.41) is 12.6. The molecular formula is C13H17NO2. The van der Waals surface area contributed by atoms with Crippen LogP contribution in [0, 0.1) is 0 Å². The number of carbonyl (C=O) groups is 1. The quantitative estimate of drug-likeness (QED) is 0.798. The van der Waals surface area contributed by atoms with Crippen LogP contribution in [0.1, 0.15) is 31.4 Å². The van der Waals surface area contributed by atoms with Crippen molar-refractivity contribution in [2.24, 2.45) is 0 Å². The van der Waals surface area contributed by atoms with E-state index < -0.39 is 5.60 Å². The predicted molar refractivity (Wildman–Crippen MR) is 63.4 cm³/mol. The molecule has 1 aliphatic heterocycles. The van der Waals surface area contributed by atoms with E-state index in [0.29, 0.717) is 12.8 Å². The van der Waals surface area contributed by atoms with Gasteiger partial charge in [-0.05, 0) is 37.5 Å². The molecule has 1 amide bonds. The number of rotatable bonds is 2. The highest BCUT2D eigenvalue weighted by atomic mass is 16.3. The van der Waals surface area contributed by atoms with E-state index >= 15 is 0 Å². The fraction of sp³-hybridized carbons (Fsp3) is 0.462. The van der Waals surface area contributed by atoms with Crippen molar-refractivity contribution in [3.63, 3.8) is 0 Å². The van der Waals surface area contributed by atoms with E-state index in [1.54, 1.807) is 13.8 Å². The van der Waals surface area contributed by atoms with Gasteiger partial charge in [0.15, 0.2) is 0 Å². The molecule has 3 nitrogen and oxygen atoms in total. The molecule has 2 rings (SSSR count). The lowest BCUT2D eigenvalue weighted by atomic mass is 9.94. The fourth-order valence-corrected chi connectivity index (χ4v) is 2.05. The third-order valence-electron chi connectivity index (χ3n) is 2.70. The second-order valence-corrected chi connectivity index (χ2v) is 5.03. The van der Waals surface area contributed by atoms with E-state index in [0.717, 1.165) is 17.7 Å². The molecule has 1 aliphatic rings. The Morgan fingerprint density at radius 3 is 2.81 bits per heavy atom. The van der Waals surface area contributed by atoms with E-state index in [9.17, 15) is 9.90 Å². The first-order chi connectivity index (χ1) is 7.44. The Morgan fingerprint density at radius 2 is 2.12 bits per heavy atom. The Bertz CT molecular complexity index is 418. The average molecular weight is 219 g/mol. The molecule has 1 aromatic carbocycles. The zero-order chi connectivity index (χ0) is 11.8. The van der Waals surface area contributed by atoms with Crippen molar-refractivity contribution in [3.05, 3.63) is 29.3 Å². The monoisotopic (exact) mass is 219 g/mol. The van der Waals surface area contributed by atoms with Gasteiger partial charge in [0.25, 0.3) is 0 Å². The predicted octanol–water partition coefficient (Wildman–Crippen LogP) is 1.88. The van der Waals surface area contributed by atoms with Gasteiger partial charge in [0.05, 0.1) is 5.60 Å². The standard InChI is InChI=1S/C13H17NO2/c1-13(2,16)8-9-3-5-11-10(7-9)4-6-12(15)14-11/h3,5,7,16H,4,6,8H2,1-2H3,(H,14,15). The zero-order valence-corrected chi connectivity index (χ0v) is 9.71. The molecule has 0 fully saturated rings. The summed E-state index contributed by atoms with van der Waals surface area (Å²) in [6.07, 6.45) is 1.98. The largest absolute Gasteiger partial charge is 0.390 e. The van der Waals surface area contributed by atoms with Crippen molar-refractivity contribution in [3.8, 4) is 0 Å². The van der Waals surface area contributed by atoms with Crippen LogP contribution in [0.25, 0.3) is 0 Å². The smallest absolute Gasteiger partial charge is 0.224 e. The van der Waals surface area contributed by atoms with Gasteiger partial charge in [0, 0.05) is 18.5 Å². The van der Waals surface area contributed by atoms with E-state index in [1.165, 1.54) is 5.56 Å². The molecule has 0 saturated heterocycles. The lowest BCUT2D eigenvalue weighted by Gasteiger charge is -2.21. The van der Waals surface area contributed by atoms with Gasteiger partial charge < -0.3 is 10.4 Å². The molecule has 2 N–H and O–H groups in total. The minimum absolute atomic E-state index is 0.0859. The van der Waals surface area contributed by atoms with E-state index in [-0.39, 0.29) is 5.91 Å². The maximum Gasteiger partial charge on any atom is 0.224 e. The van der Waals surface area contributed by atoms with Gasteiger partial charge in [0.2, 0.25) is 5.91 Å². The third-order valence-corrected chi connectivity index (χ3v) is 2.70. The Morgan fingerprint density at radius 1 is 1.38 bits per heavy atom. The maximum absolute atomic E-state index is 11.2. The van der Waals surface area contributed by atoms with Crippen LogP contribution in [-0.4, -0.2) is 16.6 Å². The molecule has 1 heterocycles. The average Bonchev–Trinajstić information content (AvgIpc) is 2.16. The number of fused-ring (bicyclic) bond motifs is 1. The van der Waals surface area contributed by atoms with Gasteiger partial charge in [-0.25, -0.2) is 0 Å². The third kappa shape index (κ3) is 2.61. The van der Waals surface area contributed by atoms with Crippen molar-refractivity contribution >= 4 is 11.6 Å². The minimum Gasteiger partial charge on any atom is -0.390 e. The molecule has 1 aromatic rings. The van der Waals surface area contributed by atoms with Crippen LogP contribution in [0.5, 0.6) is 0 Å². The van der Waals surface area contributed by atoms with Crippen molar-refractivity contribution in [2.75, 3.05) is 5.32 Å². The summed E-state index contributed by atoms with van der Waals surface area (Å²) in [5.74, 6) is 0.0859. The first-order valence-corrected chi connectivity index (χ1v) is 5.58. The summed E-state index contributed by atoms with van der Waals surface area (Å²) in [4.78, 5) is 11.2. The highest BCUT2D eigenvalue weighted by Gasteiger charge is 2.17. The van der Waals surface area contributed by atoms with Gasteiger partial charge in [-0.15, -0.1) is 0 Å². The molecule has 0 atom stereocenters. The number of amides is 1. The summed E-state index contributed by atoms with van der Waals surface area (Å²) >= 11 is 0. The molecule has 0 spiro atoms. The first-order valence-electron chi connectivity index (χ1n) is 5.58. The number of hydrogen-bond acceptors (Lipinski definition) is 2. The first kappa shape index (κ1) is 11.1. The van der Waals surface area contributed by atoms with Gasteiger partial charge in [-0.3, -0.25) is 4.79 Å². The summed E-state index contributed by atoms with van der Waals surface area (Å²) in [5.41, 5.74) is 2.51. The molecule has 3 heteroatoms. The Labute approximate surface area is 95.5 Å². The van der Waals surface area contributed by atoms with E-state index in [1.807, 2.05) is 12.1 Å². The van der Waals surface area contributed by atoms with Crippen LogP contribution in [0.15, 0.2) is 18.2 Å². The second kappa shape index (κ2) is 3.91. The van der Waals surface area contributed by atoms with Crippen molar-refractivity contribution in [1.29, 1.82) is 0 Å².